The fraction of sp³-hybridized carbons (Fsp3) is 0.429. The second kappa shape index (κ2) is 5.73. The standard InChI is InChI=1S/C14H19N3/c1-3-7-11(15-4-2)14-10-16-12-8-5-6-9-13(12)17-14/h5-6,8-11,15H,3-4,7H2,1-2H3. The van der Waals surface area contributed by atoms with Crippen molar-refractivity contribution < 1.29 is 0 Å². The summed E-state index contributed by atoms with van der Waals surface area (Å²) in [6.45, 7) is 5.27. The number of hydrogen-bond acceptors (Lipinski definition) is 3. The van der Waals surface area contributed by atoms with E-state index in [1.807, 2.05) is 30.5 Å². The van der Waals surface area contributed by atoms with Gasteiger partial charge in [0.25, 0.3) is 0 Å². The van der Waals surface area contributed by atoms with Gasteiger partial charge in [0.05, 0.1) is 29.0 Å². The van der Waals surface area contributed by atoms with Gasteiger partial charge in [0.1, 0.15) is 0 Å². The van der Waals surface area contributed by atoms with Gasteiger partial charge in [0, 0.05) is 0 Å². The molecule has 1 N–H and O–H groups in total. The Labute approximate surface area is 102 Å². The Morgan fingerprint density at radius 1 is 1.18 bits per heavy atom. The highest BCUT2D eigenvalue weighted by molar-refractivity contribution is 5.73. The van der Waals surface area contributed by atoms with E-state index in [1.54, 1.807) is 0 Å². The Kier molecular flexibility index (Phi) is 4.04. The van der Waals surface area contributed by atoms with Crippen LogP contribution in [-0.4, -0.2) is 16.5 Å². The molecule has 0 saturated carbocycles. The largest absolute Gasteiger partial charge is 0.309 e. The Balaban J connectivity index is 2.32. The van der Waals surface area contributed by atoms with E-state index >= 15 is 0 Å². The van der Waals surface area contributed by atoms with Crippen molar-refractivity contribution in [2.24, 2.45) is 0 Å². The van der Waals surface area contributed by atoms with E-state index < -0.39 is 0 Å². The predicted molar refractivity (Wildman–Crippen MR) is 70.9 cm³/mol. The second-order valence-corrected chi connectivity index (χ2v) is 4.18. The summed E-state index contributed by atoms with van der Waals surface area (Å²) in [6, 6.07) is 8.32. The topological polar surface area (TPSA) is 37.8 Å². The van der Waals surface area contributed by atoms with Crippen LogP contribution in [0.4, 0.5) is 0 Å². The smallest absolute Gasteiger partial charge is 0.0890 e. The molecule has 0 saturated heterocycles. The first-order valence-electron chi connectivity index (χ1n) is 6.30. The predicted octanol–water partition coefficient (Wildman–Crippen LogP) is 3.08. The Morgan fingerprint density at radius 2 is 1.94 bits per heavy atom. The third-order valence-electron chi connectivity index (χ3n) is 2.85. The van der Waals surface area contributed by atoms with Crippen LogP contribution in [0.5, 0.6) is 0 Å². The van der Waals surface area contributed by atoms with Gasteiger partial charge in [-0.15, -0.1) is 0 Å². The maximum absolute atomic E-state index is 4.69. The van der Waals surface area contributed by atoms with Crippen LogP contribution in [0, 0.1) is 0 Å². The quantitative estimate of drug-likeness (QED) is 0.856. The Bertz CT molecular complexity index is 476. The minimum Gasteiger partial charge on any atom is -0.309 e. The van der Waals surface area contributed by atoms with Gasteiger partial charge in [-0.05, 0) is 25.1 Å². The van der Waals surface area contributed by atoms with E-state index in [4.69, 9.17) is 0 Å². The van der Waals surface area contributed by atoms with Crippen LogP contribution in [0.2, 0.25) is 0 Å². The molecule has 2 rings (SSSR count). The maximum Gasteiger partial charge on any atom is 0.0890 e. The van der Waals surface area contributed by atoms with E-state index in [1.165, 1.54) is 0 Å². The monoisotopic (exact) mass is 229 g/mol. The van der Waals surface area contributed by atoms with Crippen LogP contribution in [0.25, 0.3) is 11.0 Å². The third kappa shape index (κ3) is 2.80. The summed E-state index contributed by atoms with van der Waals surface area (Å²) < 4.78 is 0. The fourth-order valence-electron chi connectivity index (χ4n) is 2.03. The van der Waals surface area contributed by atoms with Gasteiger partial charge >= 0.3 is 0 Å². The number of rotatable bonds is 5. The fourth-order valence-corrected chi connectivity index (χ4v) is 2.03. The van der Waals surface area contributed by atoms with Gasteiger partial charge < -0.3 is 5.32 Å². The van der Waals surface area contributed by atoms with Crippen molar-refractivity contribution >= 4 is 11.0 Å². The summed E-state index contributed by atoms with van der Waals surface area (Å²) in [5, 5.41) is 3.46. The Morgan fingerprint density at radius 3 is 2.65 bits per heavy atom. The molecule has 0 aliphatic carbocycles. The molecule has 0 amide bonds. The average Bonchev–Trinajstić information content (AvgIpc) is 2.38. The van der Waals surface area contributed by atoms with E-state index in [0.29, 0.717) is 6.04 Å². The molecule has 0 aliphatic rings. The van der Waals surface area contributed by atoms with Crippen molar-refractivity contribution in [1.29, 1.82) is 0 Å². The first kappa shape index (κ1) is 12.0. The molecular formula is C14H19N3. The van der Waals surface area contributed by atoms with Crippen molar-refractivity contribution in [3.8, 4) is 0 Å². The maximum atomic E-state index is 4.69. The van der Waals surface area contributed by atoms with Gasteiger partial charge in [-0.2, -0.15) is 0 Å². The molecule has 3 heteroatoms. The molecule has 0 radical (unpaired) electrons. The molecule has 17 heavy (non-hydrogen) atoms. The first-order chi connectivity index (χ1) is 8.35. The number of aromatic nitrogens is 2. The first-order valence-corrected chi connectivity index (χ1v) is 6.30. The van der Waals surface area contributed by atoms with E-state index in [2.05, 4.69) is 29.1 Å². The summed E-state index contributed by atoms with van der Waals surface area (Å²) >= 11 is 0. The molecular weight excluding hydrogens is 210 g/mol. The van der Waals surface area contributed by atoms with Crippen LogP contribution in [0.1, 0.15) is 38.4 Å². The number of nitrogens with one attached hydrogen (secondary N) is 1. The van der Waals surface area contributed by atoms with Crippen LogP contribution >= 0.6 is 0 Å². The molecule has 1 atom stereocenters. The lowest BCUT2D eigenvalue weighted by Crippen LogP contribution is -2.21. The van der Waals surface area contributed by atoms with Crippen molar-refractivity contribution in [2.45, 2.75) is 32.7 Å². The number of para-hydroxylation sites is 2. The summed E-state index contributed by atoms with van der Waals surface area (Å²) in [4.78, 5) is 9.15. The molecule has 1 heterocycles. The van der Waals surface area contributed by atoms with Crippen LogP contribution in [-0.2, 0) is 0 Å². The SMILES string of the molecule is CCCC(NCC)c1cnc2ccccc2n1. The summed E-state index contributed by atoms with van der Waals surface area (Å²) in [6.07, 6.45) is 4.14. The number of hydrogen-bond donors (Lipinski definition) is 1. The van der Waals surface area contributed by atoms with Crippen LogP contribution in [0.15, 0.2) is 30.5 Å². The molecule has 1 aromatic carbocycles. The minimum atomic E-state index is 0.321. The minimum absolute atomic E-state index is 0.321. The molecule has 1 aromatic heterocycles. The highest BCUT2D eigenvalue weighted by Gasteiger charge is 2.11. The molecule has 1 unspecified atom stereocenters. The normalized spacial score (nSPS) is 12.8. The second-order valence-electron chi connectivity index (χ2n) is 4.18. The van der Waals surface area contributed by atoms with Gasteiger partial charge in [-0.25, -0.2) is 4.98 Å². The van der Waals surface area contributed by atoms with Gasteiger partial charge in [0.2, 0.25) is 0 Å². The number of benzene rings is 1. The van der Waals surface area contributed by atoms with Crippen molar-refractivity contribution in [3.05, 3.63) is 36.2 Å². The van der Waals surface area contributed by atoms with Crippen molar-refractivity contribution in [3.63, 3.8) is 0 Å². The lowest BCUT2D eigenvalue weighted by Gasteiger charge is -2.16. The molecule has 3 nitrogen and oxygen atoms in total. The molecule has 0 aliphatic heterocycles. The van der Waals surface area contributed by atoms with Gasteiger partial charge in [0.15, 0.2) is 0 Å². The van der Waals surface area contributed by atoms with E-state index in [-0.39, 0.29) is 0 Å². The highest BCUT2D eigenvalue weighted by atomic mass is 14.9. The number of nitrogens with zero attached hydrogens (tertiary/aromatic N) is 2. The van der Waals surface area contributed by atoms with Crippen LogP contribution in [0.3, 0.4) is 0 Å². The van der Waals surface area contributed by atoms with Crippen molar-refractivity contribution in [1.82, 2.24) is 15.3 Å². The number of fused-ring (bicyclic) bond motifs is 1. The van der Waals surface area contributed by atoms with E-state index in [0.717, 1.165) is 36.1 Å². The highest BCUT2D eigenvalue weighted by Crippen LogP contribution is 2.18. The summed E-state index contributed by atoms with van der Waals surface area (Å²) in [7, 11) is 0. The average molecular weight is 229 g/mol. The van der Waals surface area contributed by atoms with E-state index in [9.17, 15) is 0 Å². The lowest BCUT2D eigenvalue weighted by molar-refractivity contribution is 0.498. The van der Waals surface area contributed by atoms with Gasteiger partial charge in [-0.3, -0.25) is 4.98 Å². The van der Waals surface area contributed by atoms with Crippen LogP contribution < -0.4 is 5.32 Å². The molecule has 90 valence electrons. The molecule has 0 bridgehead atoms. The summed E-state index contributed by atoms with van der Waals surface area (Å²) in [5.74, 6) is 0. The molecule has 0 fully saturated rings. The Hall–Kier alpha value is -1.48. The summed E-state index contributed by atoms with van der Waals surface area (Å²) in [5.41, 5.74) is 2.99. The third-order valence-corrected chi connectivity index (χ3v) is 2.85. The van der Waals surface area contributed by atoms with Gasteiger partial charge in [-0.1, -0.05) is 32.4 Å². The zero-order valence-electron chi connectivity index (χ0n) is 10.5. The molecule has 0 spiro atoms. The zero-order chi connectivity index (χ0) is 12.1. The van der Waals surface area contributed by atoms with Crippen molar-refractivity contribution in [2.75, 3.05) is 6.54 Å². The lowest BCUT2D eigenvalue weighted by atomic mass is 10.1. The zero-order valence-corrected chi connectivity index (χ0v) is 10.5. The molecule has 2 aromatic rings.